The number of ether oxygens (including phenoxy) is 2. The van der Waals surface area contributed by atoms with Gasteiger partial charge in [0.25, 0.3) is 0 Å². The molecule has 6 nitrogen and oxygen atoms in total. The smallest absolute Gasteiger partial charge is 0.148 e. The van der Waals surface area contributed by atoms with Crippen LogP contribution in [0.5, 0.6) is 0 Å². The van der Waals surface area contributed by atoms with Crippen LogP contribution in [0.25, 0.3) is 0 Å². The molecule has 0 aliphatic carbocycles. The fourth-order valence-electron chi connectivity index (χ4n) is 2.07. The zero-order valence-corrected chi connectivity index (χ0v) is 12.2. The minimum absolute atomic E-state index is 0.131. The largest absolute Gasteiger partial charge is 0.377 e. The molecule has 108 valence electrons. The fourth-order valence-corrected chi connectivity index (χ4v) is 2.59. The third kappa shape index (κ3) is 5.62. The van der Waals surface area contributed by atoms with Crippen molar-refractivity contribution in [2.24, 2.45) is 0 Å². The third-order valence-corrected chi connectivity index (χ3v) is 4.10. The van der Waals surface area contributed by atoms with Crippen LogP contribution in [0.1, 0.15) is 0 Å². The molecule has 2 unspecified atom stereocenters. The van der Waals surface area contributed by atoms with Gasteiger partial charge in [-0.25, -0.2) is 8.42 Å². The van der Waals surface area contributed by atoms with Crippen molar-refractivity contribution in [3.05, 3.63) is 0 Å². The normalized spacial score (nSPS) is 25.7. The van der Waals surface area contributed by atoms with Crippen molar-refractivity contribution < 1.29 is 17.9 Å². The summed E-state index contributed by atoms with van der Waals surface area (Å²) in [6, 6.07) is 0. The summed E-state index contributed by atoms with van der Waals surface area (Å²) in [6.45, 7) is 3.89. The van der Waals surface area contributed by atoms with Crippen LogP contribution in [-0.2, 0) is 19.3 Å². The van der Waals surface area contributed by atoms with Gasteiger partial charge in [-0.1, -0.05) is 0 Å². The number of nitrogens with one attached hydrogen (secondary N) is 1. The Morgan fingerprint density at radius 1 is 1.17 bits per heavy atom. The summed E-state index contributed by atoms with van der Waals surface area (Å²) in [7, 11) is 0.533. The van der Waals surface area contributed by atoms with Gasteiger partial charge in [0.1, 0.15) is 9.84 Å². The zero-order valence-electron chi connectivity index (χ0n) is 11.4. The fraction of sp³-hybridized carbons (Fsp3) is 1.00. The van der Waals surface area contributed by atoms with E-state index >= 15 is 0 Å². The summed E-state index contributed by atoms with van der Waals surface area (Å²) in [5, 5.41) is 3.13. The lowest BCUT2D eigenvalue weighted by Crippen LogP contribution is -2.33. The second kappa shape index (κ2) is 7.40. The number of hydrogen-bond acceptors (Lipinski definition) is 6. The van der Waals surface area contributed by atoms with Gasteiger partial charge in [-0.05, 0) is 0 Å². The van der Waals surface area contributed by atoms with E-state index in [1.807, 2.05) is 0 Å². The van der Waals surface area contributed by atoms with E-state index in [4.69, 9.17) is 9.47 Å². The van der Waals surface area contributed by atoms with Gasteiger partial charge < -0.3 is 14.8 Å². The van der Waals surface area contributed by atoms with Crippen molar-refractivity contribution in [1.29, 1.82) is 0 Å². The van der Waals surface area contributed by atoms with Crippen molar-refractivity contribution in [2.45, 2.75) is 12.2 Å². The molecule has 7 heteroatoms. The van der Waals surface area contributed by atoms with Crippen molar-refractivity contribution >= 4 is 9.84 Å². The van der Waals surface area contributed by atoms with E-state index in [0.29, 0.717) is 6.54 Å². The number of methoxy groups -OCH3 is 2. The van der Waals surface area contributed by atoms with E-state index in [2.05, 4.69) is 10.2 Å². The quantitative estimate of drug-likeness (QED) is 0.573. The molecule has 0 aromatic heterocycles. The molecule has 0 aromatic rings. The highest BCUT2D eigenvalue weighted by Crippen LogP contribution is 2.14. The molecule has 0 spiro atoms. The lowest BCUT2D eigenvalue weighted by Gasteiger charge is -2.15. The summed E-state index contributed by atoms with van der Waals surface area (Å²) < 4.78 is 32.6. The van der Waals surface area contributed by atoms with Gasteiger partial charge in [0.15, 0.2) is 0 Å². The molecular formula is C11H24N2O4S. The number of sulfone groups is 1. The van der Waals surface area contributed by atoms with Crippen molar-refractivity contribution in [2.75, 3.05) is 59.0 Å². The first-order chi connectivity index (χ1) is 8.46. The van der Waals surface area contributed by atoms with Gasteiger partial charge in [0, 0.05) is 53.2 Å². The number of nitrogens with zero attached hydrogens (tertiary/aromatic N) is 1. The average Bonchev–Trinajstić information content (AvgIpc) is 2.69. The molecule has 1 aliphatic rings. The molecule has 18 heavy (non-hydrogen) atoms. The number of rotatable bonds is 8. The Balaban J connectivity index is 2.14. The monoisotopic (exact) mass is 280 g/mol. The molecule has 0 saturated carbocycles. The third-order valence-electron chi connectivity index (χ3n) is 3.15. The average molecular weight is 280 g/mol. The molecule has 0 radical (unpaired) electrons. The lowest BCUT2D eigenvalue weighted by molar-refractivity contribution is -0.00461. The second-order valence-electron chi connectivity index (χ2n) is 4.69. The van der Waals surface area contributed by atoms with Crippen LogP contribution in [0.4, 0.5) is 0 Å². The molecule has 0 amide bonds. The van der Waals surface area contributed by atoms with Crippen LogP contribution >= 0.6 is 0 Å². The first kappa shape index (κ1) is 15.8. The molecule has 1 rings (SSSR count). The maximum atomic E-state index is 10.9. The Bertz CT molecular complexity index is 322. The van der Waals surface area contributed by atoms with Gasteiger partial charge in [-0.2, -0.15) is 0 Å². The maximum Gasteiger partial charge on any atom is 0.148 e. The molecule has 2 atom stereocenters. The maximum absolute atomic E-state index is 10.9. The van der Waals surface area contributed by atoms with Gasteiger partial charge in [0.2, 0.25) is 0 Å². The van der Waals surface area contributed by atoms with Crippen molar-refractivity contribution in [3.63, 3.8) is 0 Å². The van der Waals surface area contributed by atoms with Crippen LogP contribution in [0.15, 0.2) is 0 Å². The summed E-state index contributed by atoms with van der Waals surface area (Å²) in [5.41, 5.74) is 0. The predicted molar refractivity (Wildman–Crippen MR) is 70.6 cm³/mol. The summed E-state index contributed by atoms with van der Waals surface area (Å²) in [6.07, 6.45) is 1.51. The summed E-state index contributed by atoms with van der Waals surface area (Å²) in [5.74, 6) is 0.189. The molecule has 0 aromatic carbocycles. The minimum Gasteiger partial charge on any atom is -0.377 e. The summed E-state index contributed by atoms with van der Waals surface area (Å²) in [4.78, 5) is 2.26. The highest BCUT2D eigenvalue weighted by atomic mass is 32.2. The van der Waals surface area contributed by atoms with Crippen LogP contribution in [0.3, 0.4) is 0 Å². The van der Waals surface area contributed by atoms with E-state index < -0.39 is 9.84 Å². The van der Waals surface area contributed by atoms with Crippen LogP contribution in [0.2, 0.25) is 0 Å². The second-order valence-corrected chi connectivity index (χ2v) is 6.95. The Labute approximate surface area is 110 Å². The molecule has 1 fully saturated rings. The molecule has 0 bridgehead atoms. The molecular weight excluding hydrogens is 256 g/mol. The SMILES string of the molecule is COC1CN(CCNCCS(C)(=O)=O)CC1OC. The highest BCUT2D eigenvalue weighted by Gasteiger charge is 2.32. The number of hydrogen-bond donors (Lipinski definition) is 1. The van der Waals surface area contributed by atoms with Gasteiger partial charge in [0.05, 0.1) is 18.0 Å². The minimum atomic E-state index is -2.87. The molecule has 1 N–H and O–H groups in total. The Kier molecular flexibility index (Phi) is 6.51. The molecule has 1 aliphatic heterocycles. The van der Waals surface area contributed by atoms with Gasteiger partial charge >= 0.3 is 0 Å². The standard InChI is InChI=1S/C11H24N2O4S/c1-16-10-8-13(9-11(10)17-2)6-4-12-5-7-18(3,14)15/h10-12H,4-9H2,1-3H3. The lowest BCUT2D eigenvalue weighted by atomic mass is 10.3. The zero-order chi connectivity index (χ0) is 13.6. The van der Waals surface area contributed by atoms with E-state index in [1.165, 1.54) is 6.26 Å². The predicted octanol–water partition coefficient (Wildman–Crippen LogP) is -1.03. The molecule has 1 saturated heterocycles. The van der Waals surface area contributed by atoms with Crippen molar-refractivity contribution in [3.8, 4) is 0 Å². The Morgan fingerprint density at radius 2 is 1.72 bits per heavy atom. The number of likely N-dealkylation sites (tertiary alicyclic amines) is 1. The van der Waals surface area contributed by atoms with Crippen LogP contribution in [0, 0.1) is 0 Å². The van der Waals surface area contributed by atoms with E-state index in [9.17, 15) is 8.42 Å². The Hall–Kier alpha value is -0.210. The first-order valence-electron chi connectivity index (χ1n) is 6.12. The topological polar surface area (TPSA) is 67.9 Å². The van der Waals surface area contributed by atoms with E-state index in [-0.39, 0.29) is 18.0 Å². The van der Waals surface area contributed by atoms with Crippen LogP contribution in [-0.4, -0.2) is 84.5 Å². The Morgan fingerprint density at radius 3 is 2.17 bits per heavy atom. The van der Waals surface area contributed by atoms with E-state index in [1.54, 1.807) is 14.2 Å². The van der Waals surface area contributed by atoms with Crippen molar-refractivity contribution in [1.82, 2.24) is 10.2 Å². The van der Waals surface area contributed by atoms with E-state index in [0.717, 1.165) is 26.2 Å². The summed E-state index contributed by atoms with van der Waals surface area (Å²) >= 11 is 0. The van der Waals surface area contributed by atoms with Gasteiger partial charge in [-0.15, -0.1) is 0 Å². The molecule has 1 heterocycles. The first-order valence-corrected chi connectivity index (χ1v) is 8.18. The highest BCUT2D eigenvalue weighted by molar-refractivity contribution is 7.90. The van der Waals surface area contributed by atoms with Crippen LogP contribution < -0.4 is 5.32 Å². The van der Waals surface area contributed by atoms with Gasteiger partial charge in [-0.3, -0.25) is 4.90 Å².